The zero-order valence-corrected chi connectivity index (χ0v) is 14.9. The van der Waals surface area contributed by atoms with Gasteiger partial charge in [-0.25, -0.2) is 0 Å². The summed E-state index contributed by atoms with van der Waals surface area (Å²) in [6, 6.07) is 7.58. The molecule has 0 bridgehead atoms. The molecule has 0 saturated carbocycles. The Balaban J connectivity index is 1.59. The van der Waals surface area contributed by atoms with Crippen LogP contribution in [0.3, 0.4) is 0 Å². The number of piperazine rings is 1. The van der Waals surface area contributed by atoms with Crippen molar-refractivity contribution in [2.45, 2.75) is 26.2 Å². The minimum absolute atomic E-state index is 0.0214. The summed E-state index contributed by atoms with van der Waals surface area (Å²) < 4.78 is 5.66. The first kappa shape index (κ1) is 17.7. The van der Waals surface area contributed by atoms with Crippen LogP contribution >= 0.6 is 0 Å². The molecule has 2 aliphatic heterocycles. The molecule has 2 saturated heterocycles. The fourth-order valence-corrected chi connectivity index (χ4v) is 3.32. The van der Waals surface area contributed by atoms with Gasteiger partial charge in [-0.1, -0.05) is 13.3 Å². The van der Waals surface area contributed by atoms with E-state index in [0.29, 0.717) is 19.6 Å². The molecule has 136 valence electrons. The maximum atomic E-state index is 12.6. The normalized spacial score (nSPS) is 20.8. The van der Waals surface area contributed by atoms with Crippen molar-refractivity contribution in [3.05, 3.63) is 24.3 Å². The van der Waals surface area contributed by atoms with Crippen LogP contribution in [-0.4, -0.2) is 56.0 Å². The predicted octanol–water partition coefficient (Wildman–Crippen LogP) is 1.65. The van der Waals surface area contributed by atoms with E-state index in [1.807, 2.05) is 29.2 Å². The Bertz CT molecular complexity index is 596. The van der Waals surface area contributed by atoms with Gasteiger partial charge in [0.15, 0.2) is 0 Å². The van der Waals surface area contributed by atoms with Crippen LogP contribution in [0.5, 0.6) is 5.75 Å². The third-order valence-corrected chi connectivity index (χ3v) is 4.82. The number of nitrogens with zero attached hydrogens (tertiary/aromatic N) is 2. The van der Waals surface area contributed by atoms with Gasteiger partial charge in [-0.3, -0.25) is 9.59 Å². The van der Waals surface area contributed by atoms with Crippen molar-refractivity contribution in [2.24, 2.45) is 5.92 Å². The average molecular weight is 345 g/mol. The number of anilines is 1. The summed E-state index contributed by atoms with van der Waals surface area (Å²) >= 11 is 0. The Hall–Kier alpha value is -2.08. The molecule has 0 aliphatic carbocycles. The average Bonchev–Trinajstić information content (AvgIpc) is 3.04. The van der Waals surface area contributed by atoms with Crippen LogP contribution in [0.25, 0.3) is 0 Å². The lowest BCUT2D eigenvalue weighted by atomic mass is 10.1. The molecule has 2 heterocycles. The third-order valence-electron chi connectivity index (χ3n) is 4.82. The van der Waals surface area contributed by atoms with E-state index in [1.165, 1.54) is 0 Å². The molecule has 2 amide bonds. The first-order chi connectivity index (χ1) is 12.2. The van der Waals surface area contributed by atoms with Crippen molar-refractivity contribution in [1.82, 2.24) is 10.2 Å². The molecule has 1 atom stereocenters. The molecule has 6 heteroatoms. The number of rotatable bonds is 6. The summed E-state index contributed by atoms with van der Waals surface area (Å²) in [4.78, 5) is 28.6. The standard InChI is InChI=1S/C19H27N3O3/c1-2-3-12-25-17-6-4-16(5-7-17)22-14-15(13-18(22)23)19(24)21-10-8-20-9-11-21/h4-7,15,20H,2-3,8-14H2,1H3. The highest BCUT2D eigenvalue weighted by Crippen LogP contribution is 2.28. The third kappa shape index (κ3) is 4.31. The summed E-state index contributed by atoms with van der Waals surface area (Å²) in [5.74, 6) is 0.716. The van der Waals surface area contributed by atoms with Gasteiger partial charge >= 0.3 is 0 Å². The molecule has 2 fully saturated rings. The molecule has 6 nitrogen and oxygen atoms in total. The van der Waals surface area contributed by atoms with Gasteiger partial charge in [0.2, 0.25) is 11.8 Å². The SMILES string of the molecule is CCCCOc1ccc(N2CC(C(=O)N3CCNCC3)CC2=O)cc1. The van der Waals surface area contributed by atoms with Crippen molar-refractivity contribution in [3.8, 4) is 5.75 Å². The lowest BCUT2D eigenvalue weighted by Gasteiger charge is -2.29. The van der Waals surface area contributed by atoms with Crippen molar-refractivity contribution < 1.29 is 14.3 Å². The number of hydrogen-bond donors (Lipinski definition) is 1. The van der Waals surface area contributed by atoms with E-state index in [4.69, 9.17) is 4.74 Å². The molecule has 3 rings (SSSR count). The number of benzene rings is 1. The van der Waals surface area contributed by atoms with Gasteiger partial charge in [-0.05, 0) is 30.7 Å². The highest BCUT2D eigenvalue weighted by molar-refractivity contribution is 6.00. The molecule has 2 aliphatic rings. The molecular formula is C19H27N3O3. The van der Waals surface area contributed by atoms with E-state index in [0.717, 1.165) is 50.5 Å². The summed E-state index contributed by atoms with van der Waals surface area (Å²) in [6.45, 7) is 6.42. The van der Waals surface area contributed by atoms with Crippen LogP contribution < -0.4 is 15.0 Å². The Morgan fingerprint density at radius 1 is 1.24 bits per heavy atom. The number of ether oxygens (including phenoxy) is 1. The molecule has 0 radical (unpaired) electrons. The summed E-state index contributed by atoms with van der Waals surface area (Å²) in [5.41, 5.74) is 0.837. The van der Waals surface area contributed by atoms with Crippen molar-refractivity contribution >= 4 is 17.5 Å². The topological polar surface area (TPSA) is 61.9 Å². The van der Waals surface area contributed by atoms with E-state index in [1.54, 1.807) is 4.90 Å². The van der Waals surface area contributed by atoms with E-state index < -0.39 is 0 Å². The second-order valence-electron chi connectivity index (χ2n) is 6.68. The first-order valence-electron chi connectivity index (χ1n) is 9.21. The Kier molecular flexibility index (Phi) is 5.91. The summed E-state index contributed by atoms with van der Waals surface area (Å²) in [6.07, 6.45) is 2.43. The van der Waals surface area contributed by atoms with Gasteiger partial charge in [0.1, 0.15) is 5.75 Å². The number of nitrogens with one attached hydrogen (secondary N) is 1. The fraction of sp³-hybridized carbons (Fsp3) is 0.579. The van der Waals surface area contributed by atoms with Gasteiger partial charge in [-0.2, -0.15) is 0 Å². The Labute approximate surface area is 149 Å². The van der Waals surface area contributed by atoms with E-state index >= 15 is 0 Å². The van der Waals surface area contributed by atoms with Gasteiger partial charge in [0.05, 0.1) is 12.5 Å². The predicted molar refractivity (Wildman–Crippen MR) is 96.8 cm³/mol. The van der Waals surface area contributed by atoms with Crippen molar-refractivity contribution in [1.29, 1.82) is 0 Å². The lowest BCUT2D eigenvalue weighted by Crippen LogP contribution is -2.48. The minimum atomic E-state index is -0.230. The molecular weight excluding hydrogens is 318 g/mol. The number of unbranched alkanes of at least 4 members (excludes halogenated alkanes) is 1. The number of carbonyl (C=O) groups is 2. The van der Waals surface area contributed by atoms with E-state index in [-0.39, 0.29) is 17.7 Å². The van der Waals surface area contributed by atoms with Crippen LogP contribution in [0.2, 0.25) is 0 Å². The quantitative estimate of drug-likeness (QED) is 0.797. The van der Waals surface area contributed by atoms with Crippen LogP contribution in [-0.2, 0) is 9.59 Å². The molecule has 1 aromatic rings. The molecule has 1 N–H and O–H groups in total. The molecule has 1 unspecified atom stereocenters. The molecule has 0 spiro atoms. The smallest absolute Gasteiger partial charge is 0.228 e. The van der Waals surface area contributed by atoms with Crippen molar-refractivity contribution in [2.75, 3.05) is 44.2 Å². The van der Waals surface area contributed by atoms with Gasteiger partial charge < -0.3 is 19.9 Å². The van der Waals surface area contributed by atoms with E-state index in [2.05, 4.69) is 12.2 Å². The monoisotopic (exact) mass is 345 g/mol. The Morgan fingerprint density at radius 3 is 2.64 bits per heavy atom. The van der Waals surface area contributed by atoms with Crippen LogP contribution in [0.1, 0.15) is 26.2 Å². The zero-order chi connectivity index (χ0) is 17.6. The highest BCUT2D eigenvalue weighted by Gasteiger charge is 2.37. The highest BCUT2D eigenvalue weighted by atomic mass is 16.5. The Morgan fingerprint density at radius 2 is 1.96 bits per heavy atom. The summed E-state index contributed by atoms with van der Waals surface area (Å²) in [5, 5.41) is 3.24. The second-order valence-corrected chi connectivity index (χ2v) is 6.68. The van der Waals surface area contributed by atoms with Crippen LogP contribution in [0.15, 0.2) is 24.3 Å². The molecule has 25 heavy (non-hydrogen) atoms. The maximum Gasteiger partial charge on any atom is 0.228 e. The van der Waals surface area contributed by atoms with Crippen LogP contribution in [0.4, 0.5) is 5.69 Å². The number of amides is 2. The minimum Gasteiger partial charge on any atom is -0.494 e. The second kappa shape index (κ2) is 8.34. The van der Waals surface area contributed by atoms with Crippen LogP contribution in [0, 0.1) is 5.92 Å². The van der Waals surface area contributed by atoms with E-state index in [9.17, 15) is 9.59 Å². The number of carbonyl (C=O) groups excluding carboxylic acids is 2. The molecule has 1 aromatic carbocycles. The summed E-state index contributed by atoms with van der Waals surface area (Å²) in [7, 11) is 0. The lowest BCUT2D eigenvalue weighted by molar-refractivity contribution is -0.136. The fourth-order valence-electron chi connectivity index (χ4n) is 3.32. The molecule has 0 aromatic heterocycles. The zero-order valence-electron chi connectivity index (χ0n) is 14.9. The van der Waals surface area contributed by atoms with Crippen molar-refractivity contribution in [3.63, 3.8) is 0 Å². The number of hydrogen-bond acceptors (Lipinski definition) is 4. The van der Waals surface area contributed by atoms with Gasteiger partial charge in [0.25, 0.3) is 0 Å². The maximum absolute atomic E-state index is 12.6. The largest absolute Gasteiger partial charge is 0.494 e. The first-order valence-corrected chi connectivity index (χ1v) is 9.21. The van der Waals surface area contributed by atoms with Gasteiger partial charge in [-0.15, -0.1) is 0 Å². The van der Waals surface area contributed by atoms with Gasteiger partial charge in [0, 0.05) is 44.8 Å².